The van der Waals surface area contributed by atoms with Gasteiger partial charge in [0.2, 0.25) is 0 Å². The van der Waals surface area contributed by atoms with Crippen LogP contribution in [0.5, 0.6) is 5.75 Å². The Hall–Kier alpha value is -1.51. The van der Waals surface area contributed by atoms with Crippen LogP contribution in [0.25, 0.3) is 0 Å². The summed E-state index contributed by atoms with van der Waals surface area (Å²) < 4.78 is 10.6. The zero-order chi connectivity index (χ0) is 16.7. The van der Waals surface area contributed by atoms with Gasteiger partial charge in [0, 0.05) is 0 Å². The van der Waals surface area contributed by atoms with Crippen molar-refractivity contribution in [2.45, 2.75) is 58.8 Å². The van der Waals surface area contributed by atoms with Crippen molar-refractivity contribution in [2.24, 2.45) is 11.8 Å². The van der Waals surface area contributed by atoms with Crippen LogP contribution in [0.15, 0.2) is 18.2 Å². The molecule has 1 aromatic carbocycles. The van der Waals surface area contributed by atoms with Crippen molar-refractivity contribution >= 4 is 5.97 Å². The molecule has 0 radical (unpaired) electrons. The Morgan fingerprint density at radius 3 is 2.61 bits per heavy atom. The number of methoxy groups -OCH3 is 1. The van der Waals surface area contributed by atoms with Crippen molar-refractivity contribution in [3.63, 3.8) is 0 Å². The van der Waals surface area contributed by atoms with Crippen LogP contribution >= 0.6 is 0 Å². The maximum atomic E-state index is 11.8. The number of carbonyl (C=O) groups excluding carboxylic acids is 1. The molecule has 0 atom stereocenters. The lowest BCUT2D eigenvalue weighted by molar-refractivity contribution is 0.0596. The molecule has 23 heavy (non-hydrogen) atoms. The van der Waals surface area contributed by atoms with Crippen LogP contribution in [0.3, 0.4) is 0 Å². The fraction of sp³-hybridized carbons (Fsp3) is 0.650. The number of benzene rings is 1. The summed E-state index contributed by atoms with van der Waals surface area (Å²) in [6.07, 6.45) is 8.68. The van der Waals surface area contributed by atoms with Crippen LogP contribution in [-0.4, -0.2) is 19.7 Å². The van der Waals surface area contributed by atoms with Crippen LogP contribution in [-0.2, 0) is 11.2 Å². The van der Waals surface area contributed by atoms with E-state index in [2.05, 4.69) is 13.8 Å². The standard InChI is InChI=1S/C20H30O3/c1-4-13-23-19-14-17(11-12-18(19)20(21)22-3)10-9-16-7-5-15(2)6-8-16/h11-12,14-16H,4-10,13H2,1-3H3. The summed E-state index contributed by atoms with van der Waals surface area (Å²) in [4.78, 5) is 11.8. The van der Waals surface area contributed by atoms with Crippen molar-refractivity contribution < 1.29 is 14.3 Å². The Balaban J connectivity index is 1.99. The molecule has 3 heteroatoms. The minimum absolute atomic E-state index is 0.330. The molecule has 0 saturated heterocycles. The third kappa shape index (κ3) is 5.26. The van der Waals surface area contributed by atoms with Gasteiger partial charge < -0.3 is 9.47 Å². The molecule has 0 amide bonds. The zero-order valence-electron chi connectivity index (χ0n) is 14.8. The van der Waals surface area contributed by atoms with E-state index >= 15 is 0 Å². The fourth-order valence-electron chi connectivity index (χ4n) is 3.32. The number of hydrogen-bond donors (Lipinski definition) is 0. The van der Waals surface area contributed by atoms with Gasteiger partial charge in [0.1, 0.15) is 11.3 Å². The van der Waals surface area contributed by atoms with E-state index in [0.717, 1.165) is 24.7 Å². The highest BCUT2D eigenvalue weighted by Crippen LogP contribution is 2.32. The third-order valence-electron chi connectivity index (χ3n) is 4.89. The average Bonchev–Trinajstić information content (AvgIpc) is 2.58. The summed E-state index contributed by atoms with van der Waals surface area (Å²) in [6.45, 7) is 5.04. The molecule has 1 saturated carbocycles. The molecule has 0 spiro atoms. The molecule has 128 valence electrons. The van der Waals surface area contributed by atoms with Gasteiger partial charge in [0.15, 0.2) is 0 Å². The summed E-state index contributed by atoms with van der Waals surface area (Å²) in [5.41, 5.74) is 1.78. The van der Waals surface area contributed by atoms with Crippen LogP contribution in [0.2, 0.25) is 0 Å². The van der Waals surface area contributed by atoms with Gasteiger partial charge in [0.05, 0.1) is 13.7 Å². The van der Waals surface area contributed by atoms with Crippen molar-refractivity contribution in [2.75, 3.05) is 13.7 Å². The summed E-state index contributed by atoms with van der Waals surface area (Å²) in [5, 5.41) is 0. The van der Waals surface area contributed by atoms with E-state index < -0.39 is 0 Å². The monoisotopic (exact) mass is 318 g/mol. The average molecular weight is 318 g/mol. The Kier molecular flexibility index (Phi) is 6.94. The molecular weight excluding hydrogens is 288 g/mol. The highest BCUT2D eigenvalue weighted by atomic mass is 16.5. The van der Waals surface area contributed by atoms with Crippen molar-refractivity contribution in [1.82, 2.24) is 0 Å². The maximum Gasteiger partial charge on any atom is 0.341 e. The van der Waals surface area contributed by atoms with Crippen molar-refractivity contribution in [3.8, 4) is 5.75 Å². The number of ether oxygens (including phenoxy) is 2. The Labute approximate surface area is 140 Å². The molecule has 0 aliphatic heterocycles. The first kappa shape index (κ1) is 17.8. The first-order chi connectivity index (χ1) is 11.1. The van der Waals surface area contributed by atoms with E-state index in [4.69, 9.17) is 9.47 Å². The molecule has 1 aliphatic rings. The third-order valence-corrected chi connectivity index (χ3v) is 4.89. The number of carbonyl (C=O) groups is 1. The molecule has 3 nitrogen and oxygen atoms in total. The van der Waals surface area contributed by atoms with Gasteiger partial charge in [-0.2, -0.15) is 0 Å². The zero-order valence-corrected chi connectivity index (χ0v) is 14.8. The van der Waals surface area contributed by atoms with Gasteiger partial charge in [-0.1, -0.05) is 45.6 Å². The SMILES string of the molecule is CCCOc1cc(CCC2CCC(C)CC2)ccc1C(=O)OC. The fourth-order valence-corrected chi connectivity index (χ4v) is 3.32. The maximum absolute atomic E-state index is 11.8. The highest BCUT2D eigenvalue weighted by molar-refractivity contribution is 5.92. The van der Waals surface area contributed by atoms with Gasteiger partial charge in [-0.15, -0.1) is 0 Å². The summed E-state index contributed by atoms with van der Waals surface area (Å²) >= 11 is 0. The molecular formula is C20H30O3. The van der Waals surface area contributed by atoms with Crippen molar-refractivity contribution in [3.05, 3.63) is 29.3 Å². The van der Waals surface area contributed by atoms with E-state index in [1.807, 2.05) is 18.2 Å². The second-order valence-electron chi connectivity index (χ2n) is 6.84. The van der Waals surface area contributed by atoms with Crippen molar-refractivity contribution in [1.29, 1.82) is 0 Å². The van der Waals surface area contributed by atoms with Gasteiger partial charge in [0.25, 0.3) is 0 Å². The van der Waals surface area contributed by atoms with E-state index in [1.165, 1.54) is 44.8 Å². The molecule has 1 aliphatic carbocycles. The molecule has 0 N–H and O–H groups in total. The lowest BCUT2D eigenvalue weighted by atomic mass is 9.80. The van der Waals surface area contributed by atoms with Gasteiger partial charge in [-0.05, 0) is 48.8 Å². The van der Waals surface area contributed by atoms with Gasteiger partial charge in [-0.3, -0.25) is 0 Å². The molecule has 0 unspecified atom stereocenters. The Bertz CT molecular complexity index is 502. The van der Waals surface area contributed by atoms with Gasteiger partial charge in [-0.25, -0.2) is 4.79 Å². The second kappa shape index (κ2) is 8.95. The smallest absolute Gasteiger partial charge is 0.341 e. The van der Waals surface area contributed by atoms with E-state index in [0.29, 0.717) is 17.9 Å². The summed E-state index contributed by atoms with van der Waals surface area (Å²) in [6, 6.07) is 5.90. The van der Waals surface area contributed by atoms with E-state index in [-0.39, 0.29) is 5.97 Å². The predicted octanol–water partition coefficient (Wildman–Crippen LogP) is 5.02. The summed E-state index contributed by atoms with van der Waals surface area (Å²) in [7, 11) is 1.41. The predicted molar refractivity (Wildman–Crippen MR) is 93.0 cm³/mol. The summed E-state index contributed by atoms with van der Waals surface area (Å²) in [5.74, 6) is 2.09. The Morgan fingerprint density at radius 1 is 1.22 bits per heavy atom. The highest BCUT2D eigenvalue weighted by Gasteiger charge is 2.19. The molecule has 0 heterocycles. The quantitative estimate of drug-likeness (QED) is 0.662. The molecule has 0 aromatic heterocycles. The number of aryl methyl sites for hydroxylation is 1. The van der Waals surface area contributed by atoms with Gasteiger partial charge >= 0.3 is 5.97 Å². The number of hydrogen-bond acceptors (Lipinski definition) is 3. The molecule has 0 bridgehead atoms. The minimum atomic E-state index is -0.330. The van der Waals surface area contributed by atoms with E-state index in [9.17, 15) is 4.79 Å². The first-order valence-corrected chi connectivity index (χ1v) is 8.98. The van der Waals surface area contributed by atoms with Crippen LogP contribution in [0, 0.1) is 11.8 Å². The second-order valence-corrected chi connectivity index (χ2v) is 6.84. The van der Waals surface area contributed by atoms with Crippen LogP contribution in [0.1, 0.15) is 68.3 Å². The lowest BCUT2D eigenvalue weighted by Gasteiger charge is -2.26. The molecule has 1 aromatic rings. The molecule has 1 fully saturated rings. The normalized spacial score (nSPS) is 21.0. The molecule has 2 rings (SSSR count). The van der Waals surface area contributed by atoms with Crippen LogP contribution < -0.4 is 4.74 Å². The largest absolute Gasteiger partial charge is 0.493 e. The number of esters is 1. The first-order valence-electron chi connectivity index (χ1n) is 8.98. The number of rotatable bonds is 7. The van der Waals surface area contributed by atoms with E-state index in [1.54, 1.807) is 0 Å². The topological polar surface area (TPSA) is 35.5 Å². The lowest BCUT2D eigenvalue weighted by Crippen LogP contribution is -2.13. The minimum Gasteiger partial charge on any atom is -0.493 e. The Morgan fingerprint density at radius 2 is 1.96 bits per heavy atom. The van der Waals surface area contributed by atoms with Crippen LogP contribution in [0.4, 0.5) is 0 Å².